The van der Waals surface area contributed by atoms with Crippen molar-refractivity contribution < 1.29 is 9.53 Å². The molecule has 2 aromatic rings. The zero-order chi connectivity index (χ0) is 14.4. The van der Waals surface area contributed by atoms with Crippen molar-refractivity contribution in [3.8, 4) is 0 Å². The Balaban J connectivity index is 2.32. The maximum atomic E-state index is 11.6. The van der Waals surface area contributed by atoms with Crippen LogP contribution < -0.4 is 4.90 Å². The summed E-state index contributed by atoms with van der Waals surface area (Å²) in [5.41, 5.74) is 1.77. The number of benzene rings is 2. The van der Waals surface area contributed by atoms with Gasteiger partial charge in [-0.1, -0.05) is 60.7 Å². The number of anilines is 1. The number of ether oxygens (including phenoxy) is 1. The molecule has 0 aliphatic carbocycles. The van der Waals surface area contributed by atoms with Crippen molar-refractivity contribution >= 4 is 28.9 Å². The van der Waals surface area contributed by atoms with Crippen LogP contribution in [-0.4, -0.2) is 24.6 Å². The Bertz CT molecular complexity index is 584. The molecule has 0 bridgehead atoms. The fourth-order valence-corrected chi connectivity index (χ4v) is 2.12. The SMILES string of the molecule is COC(=O)CN(C(=S)c1ccccc1)c1ccccc1. The predicted octanol–water partition coefficient (Wildman–Crippen LogP) is 3.04. The molecule has 0 N–H and O–H groups in total. The Morgan fingerprint density at radius 2 is 1.60 bits per heavy atom. The second kappa shape index (κ2) is 6.82. The maximum absolute atomic E-state index is 11.6. The summed E-state index contributed by atoms with van der Waals surface area (Å²) in [6.07, 6.45) is 0. The number of hydrogen-bond acceptors (Lipinski definition) is 3. The Hall–Kier alpha value is -2.20. The van der Waals surface area contributed by atoms with Crippen LogP contribution in [0.2, 0.25) is 0 Å². The normalized spacial score (nSPS) is 9.85. The Kier molecular flexibility index (Phi) is 4.85. The second-order valence-electron chi connectivity index (χ2n) is 4.17. The van der Waals surface area contributed by atoms with E-state index in [1.54, 1.807) is 4.90 Å². The summed E-state index contributed by atoms with van der Waals surface area (Å²) in [5, 5.41) is 0. The molecule has 0 saturated heterocycles. The summed E-state index contributed by atoms with van der Waals surface area (Å²) in [5.74, 6) is -0.327. The first kappa shape index (κ1) is 14.2. The topological polar surface area (TPSA) is 29.5 Å². The van der Waals surface area contributed by atoms with Gasteiger partial charge in [0.15, 0.2) is 0 Å². The fraction of sp³-hybridized carbons (Fsp3) is 0.125. The quantitative estimate of drug-likeness (QED) is 0.638. The third-order valence-electron chi connectivity index (χ3n) is 2.85. The van der Waals surface area contributed by atoms with Gasteiger partial charge in [-0.25, -0.2) is 0 Å². The van der Waals surface area contributed by atoms with Crippen LogP contribution in [0.3, 0.4) is 0 Å². The fourth-order valence-electron chi connectivity index (χ4n) is 1.82. The molecule has 0 fully saturated rings. The molecule has 4 heteroatoms. The molecular weight excluding hydrogens is 270 g/mol. The predicted molar refractivity (Wildman–Crippen MR) is 83.9 cm³/mol. The number of thiocarbonyl (C=S) groups is 1. The van der Waals surface area contributed by atoms with Crippen molar-refractivity contribution in [2.24, 2.45) is 0 Å². The molecule has 0 heterocycles. The van der Waals surface area contributed by atoms with E-state index in [4.69, 9.17) is 17.0 Å². The van der Waals surface area contributed by atoms with Crippen LogP contribution in [0.25, 0.3) is 0 Å². The molecule has 2 rings (SSSR count). The van der Waals surface area contributed by atoms with Gasteiger partial charge < -0.3 is 9.64 Å². The lowest BCUT2D eigenvalue weighted by Gasteiger charge is -2.24. The van der Waals surface area contributed by atoms with Crippen LogP contribution in [0.15, 0.2) is 60.7 Å². The van der Waals surface area contributed by atoms with Crippen molar-refractivity contribution in [2.75, 3.05) is 18.6 Å². The number of hydrogen-bond donors (Lipinski definition) is 0. The maximum Gasteiger partial charge on any atom is 0.325 e. The lowest BCUT2D eigenvalue weighted by atomic mass is 10.2. The Labute approximate surface area is 123 Å². The van der Waals surface area contributed by atoms with Crippen LogP contribution in [-0.2, 0) is 9.53 Å². The highest BCUT2D eigenvalue weighted by Crippen LogP contribution is 2.17. The summed E-state index contributed by atoms with van der Waals surface area (Å²) in [6, 6.07) is 19.2. The van der Waals surface area contributed by atoms with Crippen molar-refractivity contribution in [1.82, 2.24) is 0 Å². The third kappa shape index (κ3) is 3.42. The first-order chi connectivity index (χ1) is 9.72. The third-order valence-corrected chi connectivity index (χ3v) is 3.30. The van der Waals surface area contributed by atoms with Crippen molar-refractivity contribution in [3.63, 3.8) is 0 Å². The van der Waals surface area contributed by atoms with Crippen molar-refractivity contribution in [2.45, 2.75) is 0 Å². The summed E-state index contributed by atoms with van der Waals surface area (Å²) < 4.78 is 4.75. The van der Waals surface area contributed by atoms with Gasteiger partial charge in [0, 0.05) is 11.3 Å². The van der Waals surface area contributed by atoms with Gasteiger partial charge in [-0.15, -0.1) is 0 Å². The molecule has 0 atom stereocenters. The van der Waals surface area contributed by atoms with Crippen molar-refractivity contribution in [3.05, 3.63) is 66.2 Å². The number of rotatable bonds is 4. The first-order valence-corrected chi connectivity index (χ1v) is 6.62. The van der Waals surface area contributed by atoms with E-state index >= 15 is 0 Å². The van der Waals surface area contributed by atoms with Crippen LogP contribution in [0.4, 0.5) is 5.69 Å². The highest BCUT2D eigenvalue weighted by Gasteiger charge is 2.17. The minimum Gasteiger partial charge on any atom is -0.468 e. The lowest BCUT2D eigenvalue weighted by molar-refractivity contribution is -0.138. The van der Waals surface area contributed by atoms with Crippen LogP contribution in [0.5, 0.6) is 0 Å². The molecule has 0 aliphatic rings. The van der Waals surface area contributed by atoms with E-state index in [9.17, 15) is 4.79 Å². The molecule has 0 radical (unpaired) electrons. The highest BCUT2D eigenvalue weighted by molar-refractivity contribution is 7.81. The van der Waals surface area contributed by atoms with E-state index in [-0.39, 0.29) is 12.5 Å². The molecule has 0 unspecified atom stereocenters. The van der Waals surface area contributed by atoms with Gasteiger partial charge in [-0.2, -0.15) is 0 Å². The summed E-state index contributed by atoms with van der Waals surface area (Å²) in [6.45, 7) is 0.0915. The van der Waals surface area contributed by atoms with Gasteiger partial charge in [0.05, 0.1) is 7.11 Å². The van der Waals surface area contributed by atoms with Gasteiger partial charge in [0.2, 0.25) is 0 Å². The lowest BCUT2D eigenvalue weighted by Crippen LogP contribution is -2.35. The molecule has 20 heavy (non-hydrogen) atoms. The van der Waals surface area contributed by atoms with E-state index < -0.39 is 0 Å². The van der Waals surface area contributed by atoms with Gasteiger partial charge in [-0.05, 0) is 12.1 Å². The van der Waals surface area contributed by atoms with Gasteiger partial charge >= 0.3 is 5.97 Å². The Morgan fingerprint density at radius 3 is 2.15 bits per heavy atom. The van der Waals surface area contributed by atoms with Gasteiger partial charge in [-0.3, -0.25) is 4.79 Å². The number of esters is 1. The zero-order valence-corrected chi connectivity index (χ0v) is 12.0. The second-order valence-corrected chi connectivity index (χ2v) is 4.56. The minimum absolute atomic E-state index is 0.0915. The molecule has 3 nitrogen and oxygen atoms in total. The van der Waals surface area contributed by atoms with E-state index in [0.29, 0.717) is 4.99 Å². The van der Waals surface area contributed by atoms with E-state index in [1.165, 1.54) is 7.11 Å². The van der Waals surface area contributed by atoms with Crippen molar-refractivity contribution in [1.29, 1.82) is 0 Å². The average molecular weight is 285 g/mol. The van der Waals surface area contributed by atoms with E-state index in [1.807, 2.05) is 60.7 Å². The first-order valence-electron chi connectivity index (χ1n) is 6.21. The summed E-state index contributed by atoms with van der Waals surface area (Å²) >= 11 is 5.51. The number of nitrogens with zero attached hydrogens (tertiary/aromatic N) is 1. The summed E-state index contributed by atoms with van der Waals surface area (Å²) in [7, 11) is 1.37. The Morgan fingerprint density at radius 1 is 1.05 bits per heavy atom. The largest absolute Gasteiger partial charge is 0.468 e. The minimum atomic E-state index is -0.327. The van der Waals surface area contributed by atoms with E-state index in [2.05, 4.69) is 0 Å². The van der Waals surface area contributed by atoms with Crippen LogP contribution in [0.1, 0.15) is 5.56 Å². The van der Waals surface area contributed by atoms with Crippen LogP contribution >= 0.6 is 12.2 Å². The smallest absolute Gasteiger partial charge is 0.325 e. The standard InChI is InChI=1S/C16H15NO2S/c1-19-15(18)12-17(14-10-6-3-7-11-14)16(20)13-8-4-2-5-9-13/h2-11H,12H2,1H3. The summed E-state index contributed by atoms with van der Waals surface area (Å²) in [4.78, 5) is 14.0. The van der Waals surface area contributed by atoms with E-state index in [0.717, 1.165) is 11.3 Å². The van der Waals surface area contributed by atoms with Gasteiger partial charge in [0.1, 0.15) is 11.5 Å². The highest BCUT2D eigenvalue weighted by atomic mass is 32.1. The molecule has 0 aromatic heterocycles. The number of carbonyl (C=O) groups excluding carboxylic acids is 1. The molecular formula is C16H15NO2S. The molecule has 0 aliphatic heterocycles. The van der Waals surface area contributed by atoms with Crippen LogP contribution in [0, 0.1) is 0 Å². The molecule has 102 valence electrons. The number of methoxy groups -OCH3 is 1. The number of para-hydroxylation sites is 1. The molecule has 0 saturated carbocycles. The zero-order valence-electron chi connectivity index (χ0n) is 11.2. The molecule has 2 aromatic carbocycles. The molecule has 0 amide bonds. The van der Waals surface area contributed by atoms with Gasteiger partial charge in [0.25, 0.3) is 0 Å². The monoisotopic (exact) mass is 285 g/mol. The molecule has 0 spiro atoms. The number of carbonyl (C=O) groups is 1. The average Bonchev–Trinajstić information content (AvgIpc) is 2.53.